The van der Waals surface area contributed by atoms with E-state index in [1.807, 2.05) is 24.4 Å². The predicted molar refractivity (Wildman–Crippen MR) is 111 cm³/mol. The number of guanidine groups is 1. The van der Waals surface area contributed by atoms with Crippen LogP contribution < -0.4 is 10.6 Å². The number of nitrogens with zero attached hydrogens (tertiary/aromatic N) is 2. The molecule has 27 heavy (non-hydrogen) atoms. The van der Waals surface area contributed by atoms with Crippen molar-refractivity contribution in [1.29, 1.82) is 0 Å². The van der Waals surface area contributed by atoms with Crippen LogP contribution in [0.2, 0.25) is 0 Å². The Morgan fingerprint density at radius 1 is 1.22 bits per heavy atom. The molecule has 0 saturated carbocycles. The third kappa shape index (κ3) is 7.83. The normalized spacial score (nSPS) is 12.8. The summed E-state index contributed by atoms with van der Waals surface area (Å²) in [5.41, 5.74) is 3.63. The van der Waals surface area contributed by atoms with Gasteiger partial charge in [0, 0.05) is 31.9 Å². The van der Waals surface area contributed by atoms with Crippen molar-refractivity contribution < 1.29 is 4.74 Å². The Bertz CT molecular complexity index is 668. The Balaban J connectivity index is 1.62. The molecular weight excluding hydrogens is 338 g/mol. The number of aryl methyl sites for hydroxylation is 2. The zero-order valence-corrected chi connectivity index (χ0v) is 16.8. The van der Waals surface area contributed by atoms with Crippen LogP contribution in [0.25, 0.3) is 0 Å². The van der Waals surface area contributed by atoms with E-state index in [1.165, 1.54) is 11.1 Å². The minimum Gasteiger partial charge on any atom is -0.374 e. The van der Waals surface area contributed by atoms with Gasteiger partial charge in [0.25, 0.3) is 0 Å². The van der Waals surface area contributed by atoms with Gasteiger partial charge in [0.15, 0.2) is 5.96 Å². The van der Waals surface area contributed by atoms with E-state index in [9.17, 15) is 0 Å². The van der Waals surface area contributed by atoms with Gasteiger partial charge in [-0.25, -0.2) is 0 Å². The van der Waals surface area contributed by atoms with Crippen LogP contribution in [0.3, 0.4) is 0 Å². The molecular formula is C21H33N5O. The minimum atomic E-state index is 0.125. The maximum Gasteiger partial charge on any atom is 0.191 e. The van der Waals surface area contributed by atoms with E-state index in [0.29, 0.717) is 0 Å². The van der Waals surface area contributed by atoms with Crippen molar-refractivity contribution >= 4 is 5.96 Å². The fraction of sp³-hybridized carbons (Fsp3) is 0.524. The molecule has 0 saturated heterocycles. The Labute approximate surface area is 162 Å². The van der Waals surface area contributed by atoms with Crippen LogP contribution in [0.1, 0.15) is 49.6 Å². The van der Waals surface area contributed by atoms with E-state index in [1.54, 1.807) is 0 Å². The number of hydrogen-bond acceptors (Lipinski definition) is 3. The monoisotopic (exact) mass is 371 g/mol. The SMILES string of the molecule is CCNC(=NCCCc1cn[nH]c1C)NCCCOC(C)c1ccccc1. The minimum absolute atomic E-state index is 0.125. The van der Waals surface area contributed by atoms with Crippen molar-refractivity contribution in [2.24, 2.45) is 4.99 Å². The number of aromatic nitrogens is 2. The summed E-state index contributed by atoms with van der Waals surface area (Å²) in [6, 6.07) is 10.3. The molecule has 1 aromatic heterocycles. The summed E-state index contributed by atoms with van der Waals surface area (Å²) in [5, 5.41) is 13.7. The van der Waals surface area contributed by atoms with Gasteiger partial charge in [-0.15, -0.1) is 0 Å². The van der Waals surface area contributed by atoms with Crippen molar-refractivity contribution in [3.8, 4) is 0 Å². The van der Waals surface area contributed by atoms with Gasteiger partial charge in [0.1, 0.15) is 0 Å². The number of nitrogens with one attached hydrogen (secondary N) is 3. The van der Waals surface area contributed by atoms with Crippen LogP contribution >= 0.6 is 0 Å². The summed E-state index contributed by atoms with van der Waals surface area (Å²) < 4.78 is 5.91. The first kappa shape index (κ1) is 21.0. The summed E-state index contributed by atoms with van der Waals surface area (Å²) in [6.07, 6.45) is 4.97. The van der Waals surface area contributed by atoms with E-state index < -0.39 is 0 Å². The van der Waals surface area contributed by atoms with E-state index in [0.717, 1.165) is 57.2 Å². The maximum absolute atomic E-state index is 5.91. The van der Waals surface area contributed by atoms with Crippen LogP contribution in [0, 0.1) is 6.92 Å². The molecule has 0 spiro atoms. The second kappa shape index (κ2) is 12.1. The number of benzene rings is 1. The molecule has 0 radical (unpaired) electrons. The van der Waals surface area contributed by atoms with Crippen molar-refractivity contribution in [3.05, 3.63) is 53.3 Å². The zero-order chi connectivity index (χ0) is 19.3. The Morgan fingerprint density at radius 2 is 2.04 bits per heavy atom. The van der Waals surface area contributed by atoms with Gasteiger partial charge in [-0.05, 0) is 51.2 Å². The van der Waals surface area contributed by atoms with E-state index in [-0.39, 0.29) is 6.10 Å². The lowest BCUT2D eigenvalue weighted by Gasteiger charge is -2.14. The van der Waals surface area contributed by atoms with Gasteiger partial charge in [-0.1, -0.05) is 30.3 Å². The first-order valence-corrected chi connectivity index (χ1v) is 9.88. The molecule has 0 amide bonds. The van der Waals surface area contributed by atoms with Crippen LogP contribution in [-0.2, 0) is 11.2 Å². The molecule has 1 aromatic carbocycles. The highest BCUT2D eigenvalue weighted by Gasteiger charge is 2.04. The standard InChI is InChI=1S/C21H33N5O/c1-4-22-21(23-13-8-12-20-16-25-26-17(20)2)24-14-9-15-27-18(3)19-10-6-5-7-11-19/h5-7,10-11,16,18H,4,8-9,12-15H2,1-3H3,(H,25,26)(H2,22,23,24). The molecule has 148 valence electrons. The fourth-order valence-corrected chi connectivity index (χ4v) is 2.79. The van der Waals surface area contributed by atoms with Crippen molar-refractivity contribution in [2.75, 3.05) is 26.2 Å². The highest BCUT2D eigenvalue weighted by atomic mass is 16.5. The number of ether oxygens (including phenoxy) is 1. The molecule has 0 bridgehead atoms. The van der Waals surface area contributed by atoms with Crippen LogP contribution in [0.5, 0.6) is 0 Å². The highest BCUT2D eigenvalue weighted by Crippen LogP contribution is 2.15. The quantitative estimate of drug-likeness (QED) is 0.322. The topological polar surface area (TPSA) is 74.3 Å². The number of hydrogen-bond donors (Lipinski definition) is 3. The number of aliphatic imine (C=N–C) groups is 1. The third-order valence-corrected chi connectivity index (χ3v) is 4.40. The second-order valence-electron chi connectivity index (χ2n) is 6.59. The van der Waals surface area contributed by atoms with Crippen LogP contribution in [0.15, 0.2) is 41.5 Å². The average molecular weight is 372 g/mol. The first-order valence-electron chi connectivity index (χ1n) is 9.88. The van der Waals surface area contributed by atoms with Gasteiger partial charge in [-0.2, -0.15) is 5.10 Å². The third-order valence-electron chi connectivity index (χ3n) is 4.40. The van der Waals surface area contributed by atoms with Gasteiger partial charge < -0.3 is 15.4 Å². The molecule has 0 aliphatic rings. The van der Waals surface area contributed by atoms with Gasteiger partial charge in [0.05, 0.1) is 12.3 Å². The predicted octanol–water partition coefficient (Wildman–Crippen LogP) is 3.37. The van der Waals surface area contributed by atoms with E-state index in [4.69, 9.17) is 4.74 Å². The molecule has 1 unspecified atom stereocenters. The molecule has 0 fully saturated rings. The molecule has 1 atom stereocenters. The van der Waals surface area contributed by atoms with Crippen molar-refractivity contribution in [2.45, 2.75) is 46.1 Å². The lowest BCUT2D eigenvalue weighted by atomic mass is 10.1. The lowest BCUT2D eigenvalue weighted by molar-refractivity contribution is 0.0646. The second-order valence-corrected chi connectivity index (χ2v) is 6.59. The molecule has 3 N–H and O–H groups in total. The van der Waals surface area contributed by atoms with Crippen molar-refractivity contribution in [3.63, 3.8) is 0 Å². The molecule has 1 heterocycles. The van der Waals surface area contributed by atoms with E-state index >= 15 is 0 Å². The largest absolute Gasteiger partial charge is 0.374 e. The lowest BCUT2D eigenvalue weighted by Crippen LogP contribution is -2.38. The van der Waals surface area contributed by atoms with E-state index in [2.05, 4.69) is 58.7 Å². The Hall–Kier alpha value is -2.34. The molecule has 6 heteroatoms. The number of H-pyrrole nitrogens is 1. The summed E-state index contributed by atoms with van der Waals surface area (Å²) in [5.74, 6) is 0.873. The summed E-state index contributed by atoms with van der Waals surface area (Å²) in [4.78, 5) is 4.65. The summed E-state index contributed by atoms with van der Waals surface area (Å²) in [7, 11) is 0. The molecule has 6 nitrogen and oxygen atoms in total. The first-order chi connectivity index (χ1) is 13.2. The highest BCUT2D eigenvalue weighted by molar-refractivity contribution is 5.79. The molecule has 0 aliphatic heterocycles. The van der Waals surface area contributed by atoms with Crippen LogP contribution in [-0.4, -0.2) is 42.4 Å². The smallest absolute Gasteiger partial charge is 0.191 e. The summed E-state index contributed by atoms with van der Waals surface area (Å²) in [6.45, 7) is 9.44. The van der Waals surface area contributed by atoms with Crippen LogP contribution in [0.4, 0.5) is 0 Å². The zero-order valence-electron chi connectivity index (χ0n) is 16.8. The van der Waals surface area contributed by atoms with Gasteiger partial charge >= 0.3 is 0 Å². The Morgan fingerprint density at radius 3 is 2.74 bits per heavy atom. The summed E-state index contributed by atoms with van der Waals surface area (Å²) >= 11 is 0. The molecule has 2 aromatic rings. The fourth-order valence-electron chi connectivity index (χ4n) is 2.79. The molecule has 0 aliphatic carbocycles. The maximum atomic E-state index is 5.91. The average Bonchev–Trinajstić information content (AvgIpc) is 3.10. The van der Waals surface area contributed by atoms with Gasteiger partial charge in [-0.3, -0.25) is 10.1 Å². The number of rotatable bonds is 11. The van der Waals surface area contributed by atoms with Gasteiger partial charge in [0.2, 0.25) is 0 Å². The molecule has 2 rings (SSSR count). The Kier molecular flexibility index (Phi) is 9.41. The number of aromatic amines is 1. The van der Waals surface area contributed by atoms with Crippen molar-refractivity contribution in [1.82, 2.24) is 20.8 Å².